The third-order valence-electron chi connectivity index (χ3n) is 4.30. The van der Waals surface area contributed by atoms with Crippen LogP contribution in [0.2, 0.25) is 0 Å². The molecular weight excluding hydrogens is 306 g/mol. The van der Waals surface area contributed by atoms with Crippen LogP contribution in [-0.4, -0.2) is 27.6 Å². The van der Waals surface area contributed by atoms with Crippen LogP contribution in [0.5, 0.6) is 0 Å². The number of carbonyl (C=O) groups excluding carboxylic acids is 1. The Morgan fingerprint density at radius 3 is 2.68 bits per heavy atom. The summed E-state index contributed by atoms with van der Waals surface area (Å²) in [5.41, 5.74) is 1.83. The van der Waals surface area contributed by atoms with Gasteiger partial charge in [0.25, 0.3) is 5.91 Å². The van der Waals surface area contributed by atoms with Crippen molar-refractivity contribution in [2.45, 2.75) is 39.0 Å². The summed E-state index contributed by atoms with van der Waals surface area (Å²) >= 11 is 3.63. The van der Waals surface area contributed by atoms with Gasteiger partial charge in [0.2, 0.25) is 0 Å². The molecular formula is C14H22BrN3O. The number of carbonyl (C=O) groups is 1. The normalized spacial score (nSPS) is 18.3. The molecule has 0 atom stereocenters. The van der Waals surface area contributed by atoms with Crippen molar-refractivity contribution in [1.29, 1.82) is 0 Å². The van der Waals surface area contributed by atoms with Gasteiger partial charge in [-0.3, -0.25) is 9.48 Å². The molecule has 0 radical (unpaired) electrons. The molecule has 1 fully saturated rings. The number of aromatic nitrogens is 2. The smallest absolute Gasteiger partial charge is 0.254 e. The number of hydrogen-bond donors (Lipinski definition) is 1. The van der Waals surface area contributed by atoms with Crippen molar-refractivity contribution in [2.24, 2.45) is 12.5 Å². The first-order chi connectivity index (χ1) is 9.08. The van der Waals surface area contributed by atoms with Gasteiger partial charge >= 0.3 is 0 Å². The third-order valence-corrected chi connectivity index (χ3v) is 5.49. The van der Waals surface area contributed by atoms with E-state index in [9.17, 15) is 4.79 Å². The first-order valence-corrected chi connectivity index (χ1v) is 8.03. The van der Waals surface area contributed by atoms with Gasteiger partial charge in [-0.25, -0.2) is 0 Å². The Morgan fingerprint density at radius 1 is 1.47 bits per heavy atom. The van der Waals surface area contributed by atoms with E-state index >= 15 is 0 Å². The fourth-order valence-electron chi connectivity index (χ4n) is 2.74. The highest BCUT2D eigenvalue weighted by atomic mass is 79.9. The Bertz CT molecular complexity index is 450. The second-order valence-electron chi connectivity index (χ2n) is 5.64. The van der Waals surface area contributed by atoms with Crippen LogP contribution < -0.4 is 5.32 Å². The summed E-state index contributed by atoms with van der Waals surface area (Å²) in [4.78, 5) is 12.2. The van der Waals surface area contributed by atoms with Gasteiger partial charge in [0.1, 0.15) is 0 Å². The fourth-order valence-corrected chi connectivity index (χ4v) is 3.50. The molecule has 1 aromatic heterocycles. The molecule has 0 aliphatic heterocycles. The average Bonchev–Trinajstić information content (AvgIpc) is 2.77. The highest BCUT2D eigenvalue weighted by Gasteiger charge is 2.31. The SMILES string of the molecule is Cc1c(C(=O)NCC2(CBr)CCCCC2)cnn1C. The lowest BCUT2D eigenvalue weighted by Crippen LogP contribution is -2.40. The van der Waals surface area contributed by atoms with Gasteiger partial charge in [-0.2, -0.15) is 5.10 Å². The molecule has 4 nitrogen and oxygen atoms in total. The number of rotatable bonds is 4. The summed E-state index contributed by atoms with van der Waals surface area (Å²) in [5.74, 6) is -0.00324. The van der Waals surface area contributed by atoms with E-state index in [0.717, 1.165) is 17.6 Å². The molecule has 1 heterocycles. The molecule has 0 bridgehead atoms. The summed E-state index contributed by atoms with van der Waals surface area (Å²) in [6.45, 7) is 2.67. The Hall–Kier alpha value is -0.840. The van der Waals surface area contributed by atoms with Crippen LogP contribution in [-0.2, 0) is 7.05 Å². The summed E-state index contributed by atoms with van der Waals surface area (Å²) in [5, 5.41) is 8.17. The highest BCUT2D eigenvalue weighted by molar-refractivity contribution is 9.09. The highest BCUT2D eigenvalue weighted by Crippen LogP contribution is 2.37. The van der Waals surface area contributed by atoms with Crippen LogP contribution in [0.1, 0.15) is 48.2 Å². The molecule has 2 rings (SSSR count). The lowest BCUT2D eigenvalue weighted by atomic mass is 9.75. The average molecular weight is 328 g/mol. The largest absolute Gasteiger partial charge is 0.351 e. The Kier molecular flexibility index (Phi) is 4.66. The maximum atomic E-state index is 12.2. The summed E-state index contributed by atoms with van der Waals surface area (Å²) in [6, 6.07) is 0. The van der Waals surface area contributed by atoms with Crippen molar-refractivity contribution < 1.29 is 4.79 Å². The predicted octanol–water partition coefficient (Wildman–Crippen LogP) is 2.80. The molecule has 19 heavy (non-hydrogen) atoms. The lowest BCUT2D eigenvalue weighted by Gasteiger charge is -2.35. The van der Waals surface area contributed by atoms with Crippen LogP contribution in [0.4, 0.5) is 0 Å². The molecule has 0 spiro atoms. The van der Waals surface area contributed by atoms with E-state index in [4.69, 9.17) is 0 Å². The quantitative estimate of drug-likeness (QED) is 0.864. The molecule has 1 N–H and O–H groups in total. The van der Waals surface area contributed by atoms with Crippen LogP contribution in [0.3, 0.4) is 0 Å². The molecule has 0 unspecified atom stereocenters. The van der Waals surface area contributed by atoms with E-state index in [2.05, 4.69) is 26.3 Å². The van der Waals surface area contributed by atoms with Crippen molar-refractivity contribution >= 4 is 21.8 Å². The zero-order chi connectivity index (χ0) is 13.9. The van der Waals surface area contributed by atoms with Crippen LogP contribution in [0.25, 0.3) is 0 Å². The van der Waals surface area contributed by atoms with Gasteiger partial charge in [-0.15, -0.1) is 0 Å². The molecule has 1 amide bonds. The zero-order valence-corrected chi connectivity index (χ0v) is 13.3. The predicted molar refractivity (Wildman–Crippen MR) is 79.6 cm³/mol. The molecule has 5 heteroatoms. The van der Waals surface area contributed by atoms with Crippen molar-refractivity contribution in [2.75, 3.05) is 11.9 Å². The Balaban J connectivity index is 1.97. The number of alkyl halides is 1. The molecule has 0 saturated heterocycles. The van der Waals surface area contributed by atoms with E-state index in [1.54, 1.807) is 10.9 Å². The van der Waals surface area contributed by atoms with E-state index in [1.807, 2.05) is 14.0 Å². The van der Waals surface area contributed by atoms with Crippen molar-refractivity contribution in [1.82, 2.24) is 15.1 Å². The van der Waals surface area contributed by atoms with Crippen molar-refractivity contribution in [3.8, 4) is 0 Å². The van der Waals surface area contributed by atoms with E-state index in [1.165, 1.54) is 32.1 Å². The Morgan fingerprint density at radius 2 is 2.16 bits per heavy atom. The summed E-state index contributed by atoms with van der Waals surface area (Å²) in [6.07, 6.45) is 7.91. The monoisotopic (exact) mass is 327 g/mol. The minimum absolute atomic E-state index is 0.00324. The van der Waals surface area contributed by atoms with Gasteiger partial charge in [0.05, 0.1) is 11.8 Å². The summed E-state index contributed by atoms with van der Waals surface area (Å²) < 4.78 is 1.73. The van der Waals surface area contributed by atoms with E-state index < -0.39 is 0 Å². The van der Waals surface area contributed by atoms with Gasteiger partial charge in [0, 0.05) is 24.6 Å². The number of nitrogens with zero attached hydrogens (tertiary/aromatic N) is 2. The van der Waals surface area contributed by atoms with Crippen LogP contribution in [0.15, 0.2) is 6.20 Å². The third kappa shape index (κ3) is 3.19. The topological polar surface area (TPSA) is 46.9 Å². The summed E-state index contributed by atoms with van der Waals surface area (Å²) in [7, 11) is 1.85. The molecule has 1 aromatic rings. The molecule has 1 aliphatic rings. The standard InChI is InChI=1S/C14H22BrN3O/c1-11-12(8-17-18(11)2)13(19)16-10-14(9-15)6-4-3-5-7-14/h8H,3-7,9-10H2,1-2H3,(H,16,19). The van der Waals surface area contributed by atoms with Gasteiger partial charge in [-0.1, -0.05) is 35.2 Å². The minimum atomic E-state index is -0.00324. The van der Waals surface area contributed by atoms with Gasteiger partial charge < -0.3 is 5.32 Å². The number of aryl methyl sites for hydroxylation is 1. The number of hydrogen-bond acceptors (Lipinski definition) is 2. The maximum absolute atomic E-state index is 12.2. The van der Waals surface area contributed by atoms with Crippen molar-refractivity contribution in [3.05, 3.63) is 17.5 Å². The van der Waals surface area contributed by atoms with Gasteiger partial charge in [0.15, 0.2) is 0 Å². The first-order valence-electron chi connectivity index (χ1n) is 6.91. The van der Waals surface area contributed by atoms with Crippen molar-refractivity contribution in [3.63, 3.8) is 0 Å². The first kappa shape index (κ1) is 14.6. The second-order valence-corrected chi connectivity index (χ2v) is 6.20. The number of nitrogens with one attached hydrogen (secondary N) is 1. The van der Waals surface area contributed by atoms with Crippen LogP contribution >= 0.6 is 15.9 Å². The fraction of sp³-hybridized carbons (Fsp3) is 0.714. The van der Waals surface area contributed by atoms with E-state index in [-0.39, 0.29) is 11.3 Å². The number of amides is 1. The maximum Gasteiger partial charge on any atom is 0.254 e. The molecule has 0 aromatic carbocycles. The minimum Gasteiger partial charge on any atom is -0.351 e. The zero-order valence-electron chi connectivity index (χ0n) is 11.7. The molecule has 1 saturated carbocycles. The van der Waals surface area contributed by atoms with Gasteiger partial charge in [-0.05, 0) is 25.2 Å². The lowest BCUT2D eigenvalue weighted by molar-refractivity contribution is 0.0921. The van der Waals surface area contributed by atoms with Crippen LogP contribution in [0, 0.1) is 12.3 Å². The van der Waals surface area contributed by atoms with E-state index in [0.29, 0.717) is 5.56 Å². The second kappa shape index (κ2) is 6.07. The number of halogens is 1. The Labute approximate surface area is 123 Å². The molecule has 106 valence electrons. The molecule has 1 aliphatic carbocycles.